The number of ether oxygens (including phenoxy) is 1. The summed E-state index contributed by atoms with van der Waals surface area (Å²) in [5, 5.41) is 16.1. The van der Waals surface area contributed by atoms with Crippen LogP contribution in [0.4, 0.5) is 0 Å². The van der Waals surface area contributed by atoms with Gasteiger partial charge in [-0.2, -0.15) is 0 Å². The molecular formula is C22H33N3O6. The van der Waals surface area contributed by atoms with Crippen molar-refractivity contribution in [3.05, 3.63) is 35.9 Å². The highest BCUT2D eigenvalue weighted by Gasteiger charge is 2.42. The van der Waals surface area contributed by atoms with Gasteiger partial charge in [0.05, 0.1) is 12.6 Å². The van der Waals surface area contributed by atoms with E-state index in [0.29, 0.717) is 38.8 Å². The van der Waals surface area contributed by atoms with Crippen LogP contribution >= 0.6 is 0 Å². The molecule has 0 saturated carbocycles. The van der Waals surface area contributed by atoms with Gasteiger partial charge in [0.25, 0.3) is 5.91 Å². The molecule has 0 radical (unpaired) electrons. The Hall–Kier alpha value is -2.49. The number of hydrogen-bond donors (Lipinski definition) is 2. The fraction of sp³-hybridized carbons (Fsp3) is 0.591. The average molecular weight is 436 g/mol. The number of benzene rings is 1. The highest BCUT2D eigenvalue weighted by Crippen LogP contribution is 2.24. The molecule has 2 heterocycles. The van der Waals surface area contributed by atoms with E-state index < -0.39 is 24.1 Å². The first-order valence-corrected chi connectivity index (χ1v) is 10.8. The molecule has 3 atom stereocenters. The number of carbonyl (C=O) groups is 3. The number of carboxylic acids is 1. The third-order valence-electron chi connectivity index (χ3n) is 5.75. The van der Waals surface area contributed by atoms with E-state index in [0.717, 1.165) is 18.4 Å². The molecule has 2 aliphatic rings. The Kier molecular flexibility index (Phi) is 9.42. The van der Waals surface area contributed by atoms with Crippen molar-refractivity contribution in [1.82, 2.24) is 15.3 Å². The SMILES string of the molecule is CCOC(=O)C(CCc1ccccc1)N[C@H]1CCCN2CCC[C@@H](C(=O)O)N2C1=O.O. The number of amides is 1. The van der Waals surface area contributed by atoms with Crippen LogP contribution in [-0.2, 0) is 25.5 Å². The third kappa shape index (κ3) is 6.25. The van der Waals surface area contributed by atoms with Crippen LogP contribution in [0.25, 0.3) is 0 Å². The maximum atomic E-state index is 13.3. The summed E-state index contributed by atoms with van der Waals surface area (Å²) in [5.41, 5.74) is 1.11. The lowest BCUT2D eigenvalue weighted by molar-refractivity contribution is -0.174. The van der Waals surface area contributed by atoms with Crippen LogP contribution in [0.15, 0.2) is 30.3 Å². The van der Waals surface area contributed by atoms with E-state index in [1.807, 2.05) is 35.3 Å². The van der Waals surface area contributed by atoms with E-state index in [1.54, 1.807) is 6.92 Å². The van der Waals surface area contributed by atoms with Gasteiger partial charge in [0.2, 0.25) is 0 Å². The number of hydrazine groups is 1. The first-order valence-electron chi connectivity index (χ1n) is 10.8. The number of esters is 1. The Labute approximate surface area is 182 Å². The van der Waals surface area contributed by atoms with Gasteiger partial charge >= 0.3 is 11.9 Å². The predicted molar refractivity (Wildman–Crippen MR) is 114 cm³/mol. The normalized spacial score (nSPS) is 22.6. The summed E-state index contributed by atoms with van der Waals surface area (Å²) in [7, 11) is 0. The Morgan fingerprint density at radius 2 is 1.87 bits per heavy atom. The number of aryl methyl sites for hydroxylation is 1. The van der Waals surface area contributed by atoms with Crippen molar-refractivity contribution in [2.24, 2.45) is 0 Å². The zero-order chi connectivity index (χ0) is 21.5. The number of rotatable bonds is 8. The molecule has 0 aromatic heterocycles. The summed E-state index contributed by atoms with van der Waals surface area (Å²) in [6.07, 6.45) is 3.67. The minimum atomic E-state index is -0.986. The summed E-state index contributed by atoms with van der Waals surface area (Å²) < 4.78 is 5.24. The third-order valence-corrected chi connectivity index (χ3v) is 5.75. The Bertz CT molecular complexity index is 744. The van der Waals surface area contributed by atoms with Gasteiger partial charge in [0, 0.05) is 13.1 Å². The van der Waals surface area contributed by atoms with E-state index in [1.165, 1.54) is 5.01 Å². The molecule has 3 rings (SSSR count). The smallest absolute Gasteiger partial charge is 0.328 e. The molecule has 0 bridgehead atoms. The van der Waals surface area contributed by atoms with Crippen LogP contribution in [0.2, 0.25) is 0 Å². The molecular weight excluding hydrogens is 402 g/mol. The number of aliphatic carboxylic acids is 1. The minimum absolute atomic E-state index is 0. The first kappa shape index (κ1) is 24.8. The molecule has 0 spiro atoms. The number of carbonyl (C=O) groups excluding carboxylic acids is 2. The van der Waals surface area contributed by atoms with Gasteiger partial charge in [-0.15, -0.1) is 0 Å². The van der Waals surface area contributed by atoms with Crippen LogP contribution in [0.1, 0.15) is 44.6 Å². The lowest BCUT2D eigenvalue weighted by Gasteiger charge is -2.42. The van der Waals surface area contributed by atoms with Gasteiger partial charge < -0.3 is 15.3 Å². The lowest BCUT2D eigenvalue weighted by atomic mass is 10.0. The van der Waals surface area contributed by atoms with E-state index in [4.69, 9.17) is 4.74 Å². The van der Waals surface area contributed by atoms with E-state index >= 15 is 0 Å². The van der Waals surface area contributed by atoms with Gasteiger partial charge in [-0.1, -0.05) is 30.3 Å². The maximum absolute atomic E-state index is 13.3. The molecule has 1 amide bonds. The van der Waals surface area contributed by atoms with E-state index in [2.05, 4.69) is 5.32 Å². The zero-order valence-corrected chi connectivity index (χ0v) is 18.0. The van der Waals surface area contributed by atoms with Gasteiger partial charge in [0.15, 0.2) is 0 Å². The molecule has 9 heteroatoms. The van der Waals surface area contributed by atoms with Crippen molar-refractivity contribution in [3.63, 3.8) is 0 Å². The molecule has 1 aromatic carbocycles. The molecule has 31 heavy (non-hydrogen) atoms. The maximum Gasteiger partial charge on any atom is 0.328 e. The van der Waals surface area contributed by atoms with Crippen LogP contribution < -0.4 is 5.32 Å². The summed E-state index contributed by atoms with van der Waals surface area (Å²) in [6, 6.07) is 7.77. The highest BCUT2D eigenvalue weighted by molar-refractivity contribution is 5.87. The summed E-state index contributed by atoms with van der Waals surface area (Å²) in [4.78, 5) is 37.6. The molecule has 9 nitrogen and oxygen atoms in total. The molecule has 4 N–H and O–H groups in total. The van der Waals surface area contributed by atoms with Crippen molar-refractivity contribution < 1.29 is 29.7 Å². The first-order chi connectivity index (χ1) is 14.5. The van der Waals surface area contributed by atoms with Crippen LogP contribution in [0, 0.1) is 0 Å². The standard InChI is InChI=1S/C22H31N3O5.H2O/c1-2-30-22(29)18(13-12-16-8-4-3-5-9-16)23-17-10-6-14-24-15-7-11-19(21(27)28)25(24)20(17)26;/h3-5,8-9,17-19,23H,2,6-7,10-15H2,1H3,(H,27,28);1H2/t17-,18?,19-;/m0./s1. The van der Waals surface area contributed by atoms with Crippen molar-refractivity contribution in [3.8, 4) is 0 Å². The van der Waals surface area contributed by atoms with Crippen molar-refractivity contribution in [1.29, 1.82) is 0 Å². The van der Waals surface area contributed by atoms with E-state index in [9.17, 15) is 19.5 Å². The average Bonchev–Trinajstić information content (AvgIpc) is 2.90. The fourth-order valence-electron chi connectivity index (χ4n) is 4.26. The summed E-state index contributed by atoms with van der Waals surface area (Å²) in [6.45, 7) is 3.34. The number of nitrogens with one attached hydrogen (secondary N) is 1. The largest absolute Gasteiger partial charge is 0.480 e. The Balaban J connectivity index is 0.00000341. The molecule has 2 saturated heterocycles. The Morgan fingerprint density at radius 1 is 1.19 bits per heavy atom. The topological polar surface area (TPSA) is 131 Å². The molecule has 1 unspecified atom stereocenters. The lowest BCUT2D eigenvalue weighted by Crippen LogP contribution is -2.61. The van der Waals surface area contributed by atoms with Gasteiger partial charge in [0.1, 0.15) is 12.1 Å². The second kappa shape index (κ2) is 11.8. The van der Waals surface area contributed by atoms with Crippen molar-refractivity contribution in [2.75, 3.05) is 19.7 Å². The molecule has 2 aliphatic heterocycles. The summed E-state index contributed by atoms with van der Waals surface area (Å²) >= 11 is 0. The number of nitrogens with zero attached hydrogens (tertiary/aromatic N) is 2. The van der Waals surface area contributed by atoms with Crippen LogP contribution in [0.3, 0.4) is 0 Å². The van der Waals surface area contributed by atoms with Crippen molar-refractivity contribution >= 4 is 17.8 Å². The van der Waals surface area contributed by atoms with Crippen molar-refractivity contribution in [2.45, 2.75) is 63.6 Å². The zero-order valence-electron chi connectivity index (χ0n) is 18.0. The second-order valence-electron chi connectivity index (χ2n) is 7.82. The fourth-order valence-corrected chi connectivity index (χ4v) is 4.26. The molecule has 172 valence electrons. The predicted octanol–water partition coefficient (Wildman–Crippen LogP) is 0.771. The number of hydrogen-bond acceptors (Lipinski definition) is 6. The van der Waals surface area contributed by atoms with Crippen LogP contribution in [0.5, 0.6) is 0 Å². The van der Waals surface area contributed by atoms with E-state index in [-0.39, 0.29) is 24.0 Å². The monoisotopic (exact) mass is 435 g/mol. The molecule has 1 aromatic rings. The van der Waals surface area contributed by atoms with Gasteiger partial charge in [-0.3, -0.25) is 19.9 Å². The molecule has 2 fully saturated rings. The highest BCUT2D eigenvalue weighted by atomic mass is 16.5. The van der Waals surface area contributed by atoms with Gasteiger partial charge in [-0.05, 0) is 51.0 Å². The summed E-state index contributed by atoms with van der Waals surface area (Å²) in [5.74, 6) is -1.64. The van der Waals surface area contributed by atoms with Crippen LogP contribution in [-0.4, -0.2) is 76.3 Å². The molecule has 0 aliphatic carbocycles. The second-order valence-corrected chi connectivity index (χ2v) is 7.82. The number of carboxylic acid groups (broad SMARTS) is 1. The minimum Gasteiger partial charge on any atom is -0.480 e. The number of fused-ring (bicyclic) bond motifs is 1. The Morgan fingerprint density at radius 3 is 2.52 bits per heavy atom. The quantitative estimate of drug-likeness (QED) is 0.577. The van der Waals surface area contributed by atoms with Gasteiger partial charge in [-0.25, -0.2) is 9.80 Å².